The van der Waals surface area contributed by atoms with Crippen molar-refractivity contribution in [3.63, 3.8) is 0 Å². The molecule has 2 aliphatic heterocycles. The van der Waals surface area contributed by atoms with Crippen molar-refractivity contribution in [1.29, 1.82) is 0 Å². The number of phenols is 1. The molecule has 0 bridgehead atoms. The van der Waals surface area contributed by atoms with E-state index in [4.69, 9.17) is 18.9 Å². The van der Waals surface area contributed by atoms with Gasteiger partial charge in [0.25, 0.3) is 0 Å². The number of carbonyl (C=O) groups excluding carboxylic acids is 3. The molecule has 2 N–H and O–H groups in total. The number of hydrogen-bond donors (Lipinski definition) is 2. The van der Waals surface area contributed by atoms with Crippen molar-refractivity contribution in [2.75, 3.05) is 7.11 Å². The topological polar surface area (TPSA) is 129 Å². The fourth-order valence-corrected chi connectivity index (χ4v) is 3.37. The molecule has 0 aromatic heterocycles. The number of aromatic hydroxyl groups is 1. The Morgan fingerprint density at radius 3 is 2.43 bits per heavy atom. The maximum absolute atomic E-state index is 12.8. The number of carbonyl (C=O) groups is 3. The predicted molar refractivity (Wildman–Crippen MR) is 91.4 cm³/mol. The van der Waals surface area contributed by atoms with Crippen LogP contribution in [0, 0.1) is 13.8 Å². The van der Waals surface area contributed by atoms with Crippen LogP contribution >= 0.6 is 0 Å². The largest absolute Gasteiger partial charge is 0.507 e. The Morgan fingerprint density at radius 1 is 1.07 bits per heavy atom. The van der Waals surface area contributed by atoms with Gasteiger partial charge in [-0.1, -0.05) is 0 Å². The number of cyclic esters (lactones) is 1. The highest BCUT2D eigenvalue weighted by molar-refractivity contribution is 6.03. The highest BCUT2D eigenvalue weighted by Gasteiger charge is 2.42. The molecule has 0 aliphatic carbocycles. The molecule has 1 atom stereocenters. The Balaban J connectivity index is 2.09. The van der Waals surface area contributed by atoms with Crippen molar-refractivity contribution in [2.45, 2.75) is 20.1 Å². The molecule has 144 valence electrons. The number of rotatable bonds is 2. The monoisotopic (exact) mass is 386 g/mol. The van der Waals surface area contributed by atoms with E-state index in [1.165, 1.54) is 20.1 Å². The highest BCUT2D eigenvalue weighted by Crippen LogP contribution is 2.53. The summed E-state index contributed by atoms with van der Waals surface area (Å²) in [7, 11) is 1.35. The van der Waals surface area contributed by atoms with Gasteiger partial charge in [0.15, 0.2) is 23.5 Å². The third-order valence-corrected chi connectivity index (χ3v) is 4.74. The van der Waals surface area contributed by atoms with E-state index >= 15 is 0 Å². The first kappa shape index (κ1) is 17.8. The molecule has 2 aromatic rings. The normalized spacial score (nSPS) is 16.8. The number of aldehydes is 1. The number of ether oxygens (including phenoxy) is 4. The molecule has 4 rings (SSSR count). The Kier molecular flexibility index (Phi) is 3.79. The van der Waals surface area contributed by atoms with Gasteiger partial charge in [-0.15, -0.1) is 0 Å². The zero-order chi connectivity index (χ0) is 20.3. The lowest BCUT2D eigenvalue weighted by Gasteiger charge is -2.17. The van der Waals surface area contributed by atoms with Crippen LogP contribution in [-0.4, -0.2) is 35.5 Å². The van der Waals surface area contributed by atoms with Crippen LogP contribution in [0.2, 0.25) is 0 Å². The molecular formula is C19H14O9. The summed E-state index contributed by atoms with van der Waals surface area (Å²) in [5.74, 6) is -2.65. The summed E-state index contributed by atoms with van der Waals surface area (Å²) in [4.78, 5) is 36.5. The zero-order valence-electron chi connectivity index (χ0n) is 15.0. The van der Waals surface area contributed by atoms with E-state index in [0.29, 0.717) is 11.8 Å². The van der Waals surface area contributed by atoms with E-state index in [1.807, 2.05) is 0 Å². The van der Waals surface area contributed by atoms with Crippen LogP contribution in [0.4, 0.5) is 0 Å². The number of esters is 2. The van der Waals surface area contributed by atoms with Crippen LogP contribution in [0.3, 0.4) is 0 Å². The number of fused-ring (bicyclic) bond motifs is 4. The van der Waals surface area contributed by atoms with E-state index in [0.717, 1.165) is 0 Å². The zero-order valence-corrected chi connectivity index (χ0v) is 15.0. The van der Waals surface area contributed by atoms with Gasteiger partial charge < -0.3 is 29.2 Å². The molecule has 9 nitrogen and oxygen atoms in total. The minimum absolute atomic E-state index is 0.0218. The Bertz CT molecular complexity index is 1080. The minimum atomic E-state index is -1.74. The summed E-state index contributed by atoms with van der Waals surface area (Å²) >= 11 is 0. The van der Waals surface area contributed by atoms with Gasteiger partial charge in [0, 0.05) is 5.56 Å². The number of aryl methyl sites for hydroxylation is 1. The van der Waals surface area contributed by atoms with Crippen LogP contribution in [0.25, 0.3) is 0 Å². The molecule has 2 aliphatic rings. The standard InChI is InChI=1S/C19H14O9/c1-6-4-9(25-3)8(5-20)15-10(6)17(22)27-14-7(2)13(21)11-12(16(14)26-15)19(24)28-18(11)23/h4-5,19,21,24H,1-3H3/t19-/m0/s1. The summed E-state index contributed by atoms with van der Waals surface area (Å²) in [6.07, 6.45) is -1.28. The van der Waals surface area contributed by atoms with E-state index in [-0.39, 0.29) is 50.8 Å². The van der Waals surface area contributed by atoms with Gasteiger partial charge >= 0.3 is 11.9 Å². The molecule has 0 radical (unpaired) electrons. The molecule has 0 fully saturated rings. The number of phenolic OH excluding ortho intramolecular Hbond substituents is 1. The molecule has 2 heterocycles. The lowest BCUT2D eigenvalue weighted by Crippen LogP contribution is -2.11. The van der Waals surface area contributed by atoms with Gasteiger partial charge in [-0.3, -0.25) is 4.79 Å². The Labute approximate surface area is 158 Å². The average Bonchev–Trinajstić information content (AvgIpc) is 2.85. The highest BCUT2D eigenvalue weighted by atomic mass is 16.6. The van der Waals surface area contributed by atoms with E-state index in [2.05, 4.69) is 0 Å². The first-order chi connectivity index (χ1) is 13.3. The van der Waals surface area contributed by atoms with Crippen molar-refractivity contribution >= 4 is 18.2 Å². The van der Waals surface area contributed by atoms with Crippen LogP contribution < -0.4 is 14.2 Å². The second-order valence-corrected chi connectivity index (χ2v) is 6.30. The molecule has 0 spiro atoms. The number of benzene rings is 2. The van der Waals surface area contributed by atoms with Gasteiger partial charge in [-0.25, -0.2) is 9.59 Å². The maximum atomic E-state index is 12.8. The van der Waals surface area contributed by atoms with Gasteiger partial charge in [0.2, 0.25) is 6.29 Å². The molecule has 0 saturated heterocycles. The van der Waals surface area contributed by atoms with Crippen LogP contribution in [-0.2, 0) is 4.74 Å². The van der Waals surface area contributed by atoms with Gasteiger partial charge in [-0.2, -0.15) is 0 Å². The molecule has 2 aromatic carbocycles. The summed E-state index contributed by atoms with van der Waals surface area (Å²) in [6, 6.07) is 1.49. The van der Waals surface area contributed by atoms with E-state index < -0.39 is 24.0 Å². The van der Waals surface area contributed by atoms with Crippen molar-refractivity contribution in [3.8, 4) is 28.7 Å². The first-order valence-corrected chi connectivity index (χ1v) is 8.15. The number of aliphatic hydroxyl groups is 1. The molecule has 0 amide bonds. The quantitative estimate of drug-likeness (QED) is 0.454. The fraction of sp³-hybridized carbons (Fsp3) is 0.211. The van der Waals surface area contributed by atoms with Crippen LogP contribution in [0.15, 0.2) is 6.07 Å². The lowest BCUT2D eigenvalue weighted by molar-refractivity contribution is -0.0555. The van der Waals surface area contributed by atoms with Crippen molar-refractivity contribution in [3.05, 3.63) is 39.4 Å². The average molecular weight is 386 g/mol. The van der Waals surface area contributed by atoms with E-state index in [1.54, 1.807) is 6.92 Å². The van der Waals surface area contributed by atoms with Gasteiger partial charge in [0.1, 0.15) is 22.6 Å². The summed E-state index contributed by atoms with van der Waals surface area (Å²) in [5, 5.41) is 20.5. The van der Waals surface area contributed by atoms with Gasteiger partial charge in [-0.05, 0) is 25.5 Å². The lowest BCUT2D eigenvalue weighted by atomic mass is 10.0. The molecule has 28 heavy (non-hydrogen) atoms. The summed E-state index contributed by atoms with van der Waals surface area (Å²) < 4.78 is 21.2. The maximum Gasteiger partial charge on any atom is 0.347 e. The van der Waals surface area contributed by atoms with E-state index in [9.17, 15) is 24.6 Å². The predicted octanol–water partition coefficient (Wildman–Crippen LogP) is 2.32. The fourth-order valence-electron chi connectivity index (χ4n) is 3.37. The number of aliphatic hydroxyl groups excluding tert-OH is 1. The number of methoxy groups -OCH3 is 1. The summed E-state index contributed by atoms with van der Waals surface area (Å²) in [5.41, 5.74) is -0.102. The molecule has 9 heteroatoms. The smallest absolute Gasteiger partial charge is 0.347 e. The third-order valence-electron chi connectivity index (χ3n) is 4.74. The second-order valence-electron chi connectivity index (χ2n) is 6.30. The van der Waals surface area contributed by atoms with Crippen molar-refractivity contribution in [2.24, 2.45) is 0 Å². The molecular weight excluding hydrogens is 372 g/mol. The van der Waals surface area contributed by atoms with Gasteiger partial charge in [0.05, 0.1) is 18.2 Å². The van der Waals surface area contributed by atoms with Crippen molar-refractivity contribution in [1.82, 2.24) is 0 Å². The Morgan fingerprint density at radius 2 is 1.79 bits per heavy atom. The Hall–Kier alpha value is -3.59. The third kappa shape index (κ3) is 2.20. The SMILES string of the molecule is COc1cc(C)c2c(c1C=O)Oc1c(c(C)c(O)c3c1[C@@H](O)OC3=O)OC2=O. The number of hydrogen-bond acceptors (Lipinski definition) is 9. The van der Waals surface area contributed by atoms with Crippen LogP contribution in [0.1, 0.15) is 54.1 Å². The van der Waals surface area contributed by atoms with Crippen LogP contribution in [0.5, 0.6) is 28.7 Å². The summed E-state index contributed by atoms with van der Waals surface area (Å²) in [6.45, 7) is 3.01. The minimum Gasteiger partial charge on any atom is -0.507 e. The second kappa shape index (κ2) is 5.96. The first-order valence-electron chi connectivity index (χ1n) is 8.15. The van der Waals surface area contributed by atoms with Crippen molar-refractivity contribution < 1.29 is 43.5 Å². The molecule has 0 saturated carbocycles. The molecule has 0 unspecified atom stereocenters.